The first-order valence-electron chi connectivity index (χ1n) is 7.74. The van der Waals surface area contributed by atoms with Crippen LogP contribution in [-0.4, -0.2) is 22.7 Å². The average Bonchev–Trinajstić information content (AvgIpc) is 3.03. The smallest absolute Gasteiger partial charge is 0.315 e. The van der Waals surface area contributed by atoms with E-state index in [0.29, 0.717) is 18.9 Å². The summed E-state index contributed by atoms with van der Waals surface area (Å²) in [6, 6.07) is 9.18. The highest BCUT2D eigenvalue weighted by atomic mass is 32.1. The molecule has 1 aromatic heterocycles. The molecular formula is C17H23N3O2S. The molecule has 124 valence electrons. The van der Waals surface area contributed by atoms with Crippen LogP contribution in [0.5, 0.6) is 0 Å². The summed E-state index contributed by atoms with van der Waals surface area (Å²) in [5.74, 6) is 0.390. The van der Waals surface area contributed by atoms with E-state index in [0.717, 1.165) is 16.3 Å². The van der Waals surface area contributed by atoms with Gasteiger partial charge in [0, 0.05) is 12.0 Å². The first-order chi connectivity index (χ1) is 11.1. The van der Waals surface area contributed by atoms with Gasteiger partial charge in [-0.25, -0.2) is 9.78 Å². The van der Waals surface area contributed by atoms with Crippen LogP contribution in [0.4, 0.5) is 4.79 Å². The zero-order chi connectivity index (χ0) is 16.7. The number of carbonyl (C=O) groups is 1. The topological polar surface area (TPSA) is 74.2 Å². The molecule has 0 fully saturated rings. The maximum absolute atomic E-state index is 12.1. The second-order valence-corrected chi connectivity index (χ2v) is 6.57. The number of aliphatic hydroxyl groups excluding tert-OH is 1. The Kier molecular flexibility index (Phi) is 6.55. The molecule has 6 heteroatoms. The van der Waals surface area contributed by atoms with Gasteiger partial charge in [0.05, 0.1) is 18.3 Å². The van der Waals surface area contributed by atoms with Gasteiger partial charge in [0.1, 0.15) is 5.01 Å². The average molecular weight is 333 g/mol. The number of thiazole rings is 1. The molecule has 2 aromatic rings. The molecule has 0 spiro atoms. The van der Waals surface area contributed by atoms with Gasteiger partial charge in [-0.15, -0.1) is 11.3 Å². The summed E-state index contributed by atoms with van der Waals surface area (Å²) >= 11 is 1.55. The quantitative estimate of drug-likeness (QED) is 0.728. The fourth-order valence-electron chi connectivity index (χ4n) is 2.17. The third-order valence-electron chi connectivity index (χ3n) is 3.49. The van der Waals surface area contributed by atoms with E-state index >= 15 is 0 Å². The number of urea groups is 1. The van der Waals surface area contributed by atoms with Crippen molar-refractivity contribution < 1.29 is 9.90 Å². The van der Waals surface area contributed by atoms with Crippen molar-refractivity contribution in [2.45, 2.75) is 38.8 Å². The Morgan fingerprint density at radius 2 is 2.04 bits per heavy atom. The van der Waals surface area contributed by atoms with Crippen molar-refractivity contribution in [1.29, 1.82) is 0 Å². The summed E-state index contributed by atoms with van der Waals surface area (Å²) in [7, 11) is 0. The summed E-state index contributed by atoms with van der Waals surface area (Å²) in [5, 5.41) is 17.8. The van der Waals surface area contributed by atoms with E-state index in [2.05, 4.69) is 29.5 Å². The summed E-state index contributed by atoms with van der Waals surface area (Å²) < 4.78 is 0. The number of rotatable bonds is 7. The fourth-order valence-corrected chi connectivity index (χ4v) is 3.07. The molecule has 0 saturated carbocycles. The number of hydrogen-bond acceptors (Lipinski definition) is 4. The van der Waals surface area contributed by atoms with Crippen molar-refractivity contribution in [3.8, 4) is 0 Å². The highest BCUT2D eigenvalue weighted by molar-refractivity contribution is 7.09. The fraction of sp³-hybridized carbons (Fsp3) is 0.412. The number of hydrogen-bond donors (Lipinski definition) is 3. The lowest BCUT2D eigenvalue weighted by Crippen LogP contribution is -2.38. The van der Waals surface area contributed by atoms with Gasteiger partial charge in [0.15, 0.2) is 0 Å². The van der Waals surface area contributed by atoms with Crippen LogP contribution in [0.1, 0.15) is 48.5 Å². The second-order valence-electron chi connectivity index (χ2n) is 5.62. The Morgan fingerprint density at radius 1 is 1.30 bits per heavy atom. The maximum atomic E-state index is 12.1. The molecule has 0 aliphatic carbocycles. The maximum Gasteiger partial charge on any atom is 0.315 e. The van der Waals surface area contributed by atoms with Crippen LogP contribution in [0.15, 0.2) is 35.7 Å². The van der Waals surface area contributed by atoms with Gasteiger partial charge in [0.2, 0.25) is 0 Å². The summed E-state index contributed by atoms with van der Waals surface area (Å²) in [6.45, 7) is 4.62. The number of nitrogens with one attached hydrogen (secondary N) is 2. The van der Waals surface area contributed by atoms with Crippen molar-refractivity contribution in [2.75, 3.05) is 6.61 Å². The van der Waals surface area contributed by atoms with Gasteiger partial charge in [-0.05, 0) is 17.9 Å². The molecule has 2 amide bonds. The van der Waals surface area contributed by atoms with Crippen molar-refractivity contribution in [3.05, 3.63) is 52.0 Å². The number of nitrogens with zero attached hydrogens (tertiary/aromatic N) is 1. The van der Waals surface area contributed by atoms with Crippen molar-refractivity contribution in [3.63, 3.8) is 0 Å². The van der Waals surface area contributed by atoms with Crippen molar-refractivity contribution in [2.24, 2.45) is 0 Å². The van der Waals surface area contributed by atoms with Crippen LogP contribution in [-0.2, 0) is 6.54 Å². The van der Waals surface area contributed by atoms with Gasteiger partial charge in [-0.2, -0.15) is 0 Å². The molecule has 2 rings (SSSR count). The number of carbonyl (C=O) groups excluding carboxylic acids is 1. The Hall–Kier alpha value is -1.92. The van der Waals surface area contributed by atoms with Gasteiger partial charge in [-0.3, -0.25) is 0 Å². The molecule has 23 heavy (non-hydrogen) atoms. The minimum absolute atomic E-state index is 0.0179. The molecule has 0 aliphatic rings. The molecule has 0 aliphatic heterocycles. The van der Waals surface area contributed by atoms with Crippen LogP contribution >= 0.6 is 11.3 Å². The van der Waals surface area contributed by atoms with Gasteiger partial charge < -0.3 is 15.7 Å². The minimum Gasteiger partial charge on any atom is -0.396 e. The first-order valence-corrected chi connectivity index (χ1v) is 8.62. The Balaban J connectivity index is 1.89. The van der Waals surface area contributed by atoms with Crippen LogP contribution in [0.2, 0.25) is 0 Å². The molecule has 1 atom stereocenters. The minimum atomic E-state index is -0.256. The summed E-state index contributed by atoms with van der Waals surface area (Å²) in [5.41, 5.74) is 2.03. The Bertz CT molecular complexity index is 613. The van der Waals surface area contributed by atoms with Crippen LogP contribution in [0, 0.1) is 0 Å². The Labute approximate surface area is 140 Å². The third kappa shape index (κ3) is 5.33. The zero-order valence-electron chi connectivity index (χ0n) is 13.5. The highest BCUT2D eigenvalue weighted by Crippen LogP contribution is 2.18. The number of aromatic nitrogens is 1. The molecule has 1 aromatic carbocycles. The van der Waals surface area contributed by atoms with Crippen molar-refractivity contribution in [1.82, 2.24) is 15.6 Å². The predicted molar refractivity (Wildman–Crippen MR) is 92.5 cm³/mol. The van der Waals surface area contributed by atoms with E-state index in [4.69, 9.17) is 0 Å². The lowest BCUT2D eigenvalue weighted by molar-refractivity contribution is 0.229. The van der Waals surface area contributed by atoms with Crippen molar-refractivity contribution >= 4 is 17.4 Å². The van der Waals surface area contributed by atoms with Gasteiger partial charge in [-0.1, -0.05) is 44.2 Å². The molecule has 5 nitrogen and oxygen atoms in total. The van der Waals surface area contributed by atoms with Crippen LogP contribution in [0.3, 0.4) is 0 Å². The summed E-state index contributed by atoms with van der Waals surface area (Å²) in [6.07, 6.45) is 0.478. The largest absolute Gasteiger partial charge is 0.396 e. The SMILES string of the molecule is CC(C)c1csc(CNC(=O)N[C@H](CCO)c2ccccc2)n1. The van der Waals surface area contributed by atoms with E-state index in [1.165, 1.54) is 0 Å². The molecule has 0 radical (unpaired) electrons. The van der Waals surface area contributed by atoms with Crippen LogP contribution in [0.25, 0.3) is 0 Å². The molecule has 1 heterocycles. The summed E-state index contributed by atoms with van der Waals surface area (Å²) in [4.78, 5) is 16.6. The van der Waals surface area contributed by atoms with Gasteiger partial charge >= 0.3 is 6.03 Å². The zero-order valence-corrected chi connectivity index (χ0v) is 14.3. The van der Waals surface area contributed by atoms with E-state index < -0.39 is 0 Å². The van der Waals surface area contributed by atoms with Gasteiger partial charge in [0.25, 0.3) is 0 Å². The standard InChI is InChI=1S/C17H23N3O2S/c1-12(2)15-11-23-16(19-15)10-18-17(22)20-14(8-9-21)13-6-4-3-5-7-13/h3-7,11-12,14,21H,8-10H2,1-2H3,(H2,18,20,22)/t14-/m1/s1. The van der Waals surface area contributed by atoms with E-state index in [9.17, 15) is 9.90 Å². The third-order valence-corrected chi connectivity index (χ3v) is 4.35. The monoisotopic (exact) mass is 333 g/mol. The number of aliphatic hydroxyl groups is 1. The first kappa shape index (κ1) is 17.4. The van der Waals surface area contributed by atoms with E-state index in [-0.39, 0.29) is 18.7 Å². The lowest BCUT2D eigenvalue weighted by Gasteiger charge is -2.18. The lowest BCUT2D eigenvalue weighted by atomic mass is 10.0. The Morgan fingerprint density at radius 3 is 2.65 bits per heavy atom. The van der Waals surface area contributed by atoms with E-state index in [1.807, 2.05) is 35.7 Å². The predicted octanol–water partition coefficient (Wildman–Crippen LogP) is 3.19. The molecule has 0 bridgehead atoms. The highest BCUT2D eigenvalue weighted by Gasteiger charge is 2.14. The molecule has 3 N–H and O–H groups in total. The van der Waals surface area contributed by atoms with Crippen LogP contribution < -0.4 is 10.6 Å². The molecule has 0 unspecified atom stereocenters. The molecule has 0 saturated heterocycles. The van der Waals surface area contributed by atoms with E-state index in [1.54, 1.807) is 11.3 Å². The molecular weight excluding hydrogens is 310 g/mol. The second kappa shape index (κ2) is 8.64. The number of benzene rings is 1. The normalized spacial score (nSPS) is 12.2. The number of amides is 2.